The van der Waals surface area contributed by atoms with Crippen LogP contribution < -0.4 is 5.73 Å². The molecule has 1 saturated heterocycles. The summed E-state index contributed by atoms with van der Waals surface area (Å²) in [6, 6.07) is 0. The summed E-state index contributed by atoms with van der Waals surface area (Å²) in [5.41, 5.74) is 5.21. The van der Waals surface area contributed by atoms with Crippen molar-refractivity contribution in [2.45, 2.75) is 63.5 Å². The zero-order chi connectivity index (χ0) is 12.5. The standard InChI is InChI=1S/C14H27NO2/c1-11(2)12-4-7-14(16,8-5-12)13(15)6-3-9-17-10-13/h11-12,16H,3-10,15H2,1-2H3. The first-order valence-corrected chi connectivity index (χ1v) is 7.06. The predicted molar refractivity (Wildman–Crippen MR) is 68.7 cm³/mol. The predicted octanol–water partition coefficient (Wildman–Crippen LogP) is 2.07. The quantitative estimate of drug-likeness (QED) is 0.778. The molecule has 100 valence electrons. The molecule has 3 nitrogen and oxygen atoms in total. The Hall–Kier alpha value is -0.120. The molecule has 0 amide bonds. The summed E-state index contributed by atoms with van der Waals surface area (Å²) in [7, 11) is 0. The second-order valence-corrected chi connectivity index (χ2v) is 6.43. The number of hydrogen-bond acceptors (Lipinski definition) is 3. The maximum Gasteiger partial charge on any atom is 0.0849 e. The molecule has 1 heterocycles. The van der Waals surface area contributed by atoms with Gasteiger partial charge in [-0.3, -0.25) is 0 Å². The average Bonchev–Trinajstić information content (AvgIpc) is 2.30. The first kappa shape index (κ1) is 13.3. The second-order valence-electron chi connectivity index (χ2n) is 6.43. The summed E-state index contributed by atoms with van der Waals surface area (Å²) in [6.45, 7) is 5.87. The highest BCUT2D eigenvalue weighted by atomic mass is 16.5. The van der Waals surface area contributed by atoms with Gasteiger partial charge in [0, 0.05) is 6.61 Å². The van der Waals surface area contributed by atoms with E-state index < -0.39 is 11.1 Å². The van der Waals surface area contributed by atoms with Crippen LogP contribution in [0.15, 0.2) is 0 Å². The summed E-state index contributed by atoms with van der Waals surface area (Å²) in [5.74, 6) is 1.47. The largest absolute Gasteiger partial charge is 0.388 e. The monoisotopic (exact) mass is 241 g/mol. The van der Waals surface area contributed by atoms with Crippen LogP contribution in [0.4, 0.5) is 0 Å². The fourth-order valence-electron chi connectivity index (χ4n) is 3.47. The molecular weight excluding hydrogens is 214 g/mol. The minimum Gasteiger partial charge on any atom is -0.388 e. The lowest BCUT2D eigenvalue weighted by atomic mass is 9.65. The molecule has 2 aliphatic rings. The highest BCUT2D eigenvalue weighted by Crippen LogP contribution is 2.43. The normalized spacial score (nSPS) is 43.9. The van der Waals surface area contributed by atoms with Crippen LogP contribution in [-0.4, -0.2) is 29.5 Å². The Morgan fingerprint density at radius 2 is 1.88 bits per heavy atom. The van der Waals surface area contributed by atoms with Crippen molar-refractivity contribution in [3.8, 4) is 0 Å². The van der Waals surface area contributed by atoms with E-state index >= 15 is 0 Å². The first-order valence-electron chi connectivity index (χ1n) is 7.06. The van der Waals surface area contributed by atoms with Gasteiger partial charge in [-0.1, -0.05) is 13.8 Å². The van der Waals surface area contributed by atoms with Crippen molar-refractivity contribution in [1.82, 2.24) is 0 Å². The highest BCUT2D eigenvalue weighted by Gasteiger charge is 2.50. The van der Waals surface area contributed by atoms with Crippen LogP contribution in [0.5, 0.6) is 0 Å². The van der Waals surface area contributed by atoms with Crippen molar-refractivity contribution < 1.29 is 9.84 Å². The molecule has 3 N–H and O–H groups in total. The Balaban J connectivity index is 2.00. The van der Waals surface area contributed by atoms with E-state index in [0.29, 0.717) is 6.61 Å². The Bertz CT molecular complexity index is 251. The van der Waals surface area contributed by atoms with Gasteiger partial charge < -0.3 is 15.6 Å². The number of ether oxygens (including phenoxy) is 1. The lowest BCUT2D eigenvalue weighted by molar-refractivity contribution is -0.122. The summed E-state index contributed by atoms with van der Waals surface area (Å²) in [4.78, 5) is 0. The van der Waals surface area contributed by atoms with Crippen LogP contribution in [-0.2, 0) is 4.74 Å². The highest BCUT2D eigenvalue weighted by molar-refractivity contribution is 5.06. The average molecular weight is 241 g/mol. The van der Waals surface area contributed by atoms with Crippen LogP contribution in [0, 0.1) is 11.8 Å². The molecular formula is C14H27NO2. The van der Waals surface area contributed by atoms with E-state index in [4.69, 9.17) is 10.5 Å². The molecule has 0 spiro atoms. The van der Waals surface area contributed by atoms with Gasteiger partial charge in [0.1, 0.15) is 0 Å². The van der Waals surface area contributed by atoms with Crippen LogP contribution >= 0.6 is 0 Å². The maximum atomic E-state index is 10.8. The Morgan fingerprint density at radius 3 is 2.35 bits per heavy atom. The molecule has 0 radical (unpaired) electrons. The fourth-order valence-corrected chi connectivity index (χ4v) is 3.47. The maximum absolute atomic E-state index is 10.8. The SMILES string of the molecule is CC(C)C1CCC(O)(C2(N)CCCOC2)CC1. The van der Waals surface area contributed by atoms with E-state index in [-0.39, 0.29) is 0 Å². The van der Waals surface area contributed by atoms with Gasteiger partial charge in [0.05, 0.1) is 17.7 Å². The van der Waals surface area contributed by atoms with Crippen LogP contribution in [0.3, 0.4) is 0 Å². The van der Waals surface area contributed by atoms with Gasteiger partial charge in [0.15, 0.2) is 0 Å². The van der Waals surface area contributed by atoms with Crippen molar-refractivity contribution in [2.75, 3.05) is 13.2 Å². The topological polar surface area (TPSA) is 55.5 Å². The van der Waals surface area contributed by atoms with E-state index in [1.165, 1.54) is 0 Å². The smallest absolute Gasteiger partial charge is 0.0849 e. The van der Waals surface area contributed by atoms with E-state index in [1.807, 2.05) is 0 Å². The first-order chi connectivity index (χ1) is 7.97. The number of hydrogen-bond donors (Lipinski definition) is 2. The van der Waals surface area contributed by atoms with E-state index in [0.717, 1.165) is 57.0 Å². The molecule has 0 aromatic heterocycles. The molecule has 2 fully saturated rings. The number of nitrogens with two attached hydrogens (primary N) is 1. The lowest BCUT2D eigenvalue weighted by Crippen LogP contribution is -2.65. The summed E-state index contributed by atoms with van der Waals surface area (Å²) in [6.07, 6.45) is 5.77. The van der Waals surface area contributed by atoms with E-state index in [2.05, 4.69) is 13.8 Å². The summed E-state index contributed by atoms with van der Waals surface area (Å²) < 4.78 is 5.49. The van der Waals surface area contributed by atoms with Crippen molar-refractivity contribution in [3.05, 3.63) is 0 Å². The van der Waals surface area contributed by atoms with Gasteiger partial charge in [-0.25, -0.2) is 0 Å². The molecule has 2 rings (SSSR count). The summed E-state index contributed by atoms with van der Waals surface area (Å²) in [5, 5.41) is 10.8. The van der Waals surface area contributed by atoms with E-state index in [9.17, 15) is 5.11 Å². The van der Waals surface area contributed by atoms with Crippen LogP contribution in [0.25, 0.3) is 0 Å². The fraction of sp³-hybridized carbons (Fsp3) is 1.00. The van der Waals surface area contributed by atoms with Crippen molar-refractivity contribution >= 4 is 0 Å². The van der Waals surface area contributed by atoms with Gasteiger partial charge >= 0.3 is 0 Å². The van der Waals surface area contributed by atoms with Gasteiger partial charge in [-0.15, -0.1) is 0 Å². The van der Waals surface area contributed by atoms with Crippen molar-refractivity contribution in [1.29, 1.82) is 0 Å². The third-order valence-corrected chi connectivity index (χ3v) is 5.00. The minimum atomic E-state index is -0.696. The molecule has 0 aromatic rings. The van der Waals surface area contributed by atoms with Crippen LogP contribution in [0.2, 0.25) is 0 Å². The van der Waals surface area contributed by atoms with Crippen molar-refractivity contribution in [3.63, 3.8) is 0 Å². The third kappa shape index (κ3) is 2.51. The third-order valence-electron chi connectivity index (χ3n) is 5.00. The van der Waals surface area contributed by atoms with Crippen molar-refractivity contribution in [2.24, 2.45) is 17.6 Å². The Morgan fingerprint density at radius 1 is 1.24 bits per heavy atom. The van der Waals surface area contributed by atoms with Gasteiger partial charge in [0.2, 0.25) is 0 Å². The number of aliphatic hydroxyl groups is 1. The zero-order valence-corrected chi connectivity index (χ0v) is 11.2. The Labute approximate surface area is 105 Å². The van der Waals surface area contributed by atoms with Gasteiger partial charge in [-0.2, -0.15) is 0 Å². The zero-order valence-electron chi connectivity index (χ0n) is 11.2. The molecule has 0 bridgehead atoms. The molecule has 17 heavy (non-hydrogen) atoms. The van der Waals surface area contributed by atoms with Gasteiger partial charge in [0.25, 0.3) is 0 Å². The molecule has 3 heteroatoms. The minimum absolute atomic E-state index is 0.507. The van der Waals surface area contributed by atoms with Crippen LogP contribution in [0.1, 0.15) is 52.4 Å². The Kier molecular flexibility index (Phi) is 3.81. The molecule has 0 aromatic carbocycles. The molecule has 1 saturated carbocycles. The molecule has 1 unspecified atom stereocenters. The molecule has 1 aliphatic carbocycles. The lowest BCUT2D eigenvalue weighted by Gasteiger charge is -2.50. The number of rotatable bonds is 2. The second kappa shape index (κ2) is 4.87. The van der Waals surface area contributed by atoms with E-state index in [1.54, 1.807) is 0 Å². The van der Waals surface area contributed by atoms with Gasteiger partial charge in [-0.05, 0) is 50.4 Å². The molecule has 1 atom stereocenters. The summed E-state index contributed by atoms with van der Waals surface area (Å²) >= 11 is 0. The molecule has 1 aliphatic heterocycles.